The Bertz CT molecular complexity index is 892. The molecule has 7 atom stereocenters. The van der Waals surface area contributed by atoms with Gasteiger partial charge in [-0.15, -0.1) is 0 Å². The zero-order valence-corrected chi connectivity index (χ0v) is 17.4. The van der Waals surface area contributed by atoms with Crippen molar-refractivity contribution >= 4 is 11.7 Å². The predicted octanol–water partition coefficient (Wildman–Crippen LogP) is 4.49. The van der Waals surface area contributed by atoms with Crippen molar-refractivity contribution in [1.82, 2.24) is 5.32 Å². The molecular weight excluding hydrogens is 362 g/mol. The van der Waals surface area contributed by atoms with Gasteiger partial charge in [0.1, 0.15) is 5.75 Å². The second kappa shape index (κ2) is 6.45. The van der Waals surface area contributed by atoms with Crippen molar-refractivity contribution in [2.75, 3.05) is 0 Å². The summed E-state index contributed by atoms with van der Waals surface area (Å²) in [5, 5.41) is 13.4. The number of phenols is 1. The molecule has 0 spiro atoms. The van der Waals surface area contributed by atoms with Crippen molar-refractivity contribution in [2.24, 2.45) is 34.5 Å². The minimum absolute atomic E-state index is 0.00531. The number of Topliss-reactive ketones (excluding diaryl/α,β-unsaturated/α-hetero) is 1. The number of rotatable bonds is 2. The van der Waals surface area contributed by atoms with Crippen molar-refractivity contribution < 1.29 is 14.7 Å². The molecule has 4 heteroatoms. The van der Waals surface area contributed by atoms with Gasteiger partial charge in [0, 0.05) is 17.4 Å². The summed E-state index contributed by atoms with van der Waals surface area (Å²) in [5.74, 6) is 1.98. The molecule has 0 unspecified atom stereocenters. The van der Waals surface area contributed by atoms with E-state index in [1.54, 1.807) is 24.3 Å². The summed E-state index contributed by atoms with van der Waals surface area (Å²) in [6.45, 7) is 4.66. The maximum atomic E-state index is 13.4. The molecule has 0 saturated heterocycles. The Morgan fingerprint density at radius 3 is 2.66 bits per heavy atom. The maximum absolute atomic E-state index is 13.4. The predicted molar refractivity (Wildman–Crippen MR) is 111 cm³/mol. The van der Waals surface area contributed by atoms with Crippen LogP contribution in [0.25, 0.3) is 0 Å². The van der Waals surface area contributed by atoms with Crippen LogP contribution in [0, 0.1) is 34.5 Å². The molecule has 0 radical (unpaired) electrons. The summed E-state index contributed by atoms with van der Waals surface area (Å²) >= 11 is 0. The van der Waals surface area contributed by atoms with Gasteiger partial charge in [-0.1, -0.05) is 32.1 Å². The summed E-state index contributed by atoms with van der Waals surface area (Å²) in [6, 6.07) is 7.23. The van der Waals surface area contributed by atoms with Crippen LogP contribution >= 0.6 is 0 Å². The van der Waals surface area contributed by atoms with Gasteiger partial charge in [0.25, 0.3) is 0 Å². The topological polar surface area (TPSA) is 66.4 Å². The first-order chi connectivity index (χ1) is 13.8. The Morgan fingerprint density at radius 1 is 1.07 bits per heavy atom. The van der Waals surface area contributed by atoms with E-state index in [0.29, 0.717) is 23.3 Å². The van der Waals surface area contributed by atoms with Crippen LogP contribution in [0.4, 0.5) is 0 Å². The number of carbonyl (C=O) groups is 2. The lowest BCUT2D eigenvalue weighted by Gasteiger charge is -2.58. The molecule has 1 amide bonds. The van der Waals surface area contributed by atoms with Gasteiger partial charge in [-0.25, -0.2) is 0 Å². The number of nitrogens with one attached hydrogen (secondary N) is 1. The SMILES string of the molecule is C[C@]12C=CC(=O)N[C@@H]1CC[C@@H]1[C@@H]2CC[C@]2(C)[C@@H](C(=O)c3ccccc3O)CC[C@@H]12. The monoisotopic (exact) mass is 393 g/mol. The molecule has 29 heavy (non-hydrogen) atoms. The van der Waals surface area contributed by atoms with Crippen molar-refractivity contribution in [3.05, 3.63) is 42.0 Å². The zero-order chi connectivity index (χ0) is 20.4. The van der Waals surface area contributed by atoms with E-state index in [1.165, 1.54) is 0 Å². The van der Waals surface area contributed by atoms with E-state index in [-0.39, 0.29) is 40.2 Å². The smallest absolute Gasteiger partial charge is 0.243 e. The van der Waals surface area contributed by atoms with Crippen LogP contribution in [-0.4, -0.2) is 22.8 Å². The number of phenolic OH excluding ortho intramolecular Hbond substituents is 1. The van der Waals surface area contributed by atoms with Crippen molar-refractivity contribution in [2.45, 2.75) is 58.4 Å². The third-order valence-electron chi connectivity index (χ3n) is 9.17. The molecule has 154 valence electrons. The molecule has 4 aliphatic rings. The fraction of sp³-hybridized carbons (Fsp3) is 0.600. The number of para-hydroxylation sites is 1. The van der Waals surface area contributed by atoms with Crippen LogP contribution in [0.1, 0.15) is 62.7 Å². The van der Waals surface area contributed by atoms with Gasteiger partial charge < -0.3 is 10.4 Å². The van der Waals surface area contributed by atoms with E-state index < -0.39 is 0 Å². The van der Waals surface area contributed by atoms with Crippen LogP contribution in [0.5, 0.6) is 5.75 Å². The summed E-state index contributed by atoms with van der Waals surface area (Å²) in [4.78, 5) is 25.3. The molecule has 1 aliphatic heterocycles. The van der Waals surface area contributed by atoms with Crippen LogP contribution in [0.3, 0.4) is 0 Å². The first kappa shape index (κ1) is 18.9. The van der Waals surface area contributed by atoms with E-state index in [1.807, 2.05) is 6.07 Å². The molecule has 2 N–H and O–H groups in total. The fourth-order valence-electron chi connectivity index (χ4n) is 7.63. The normalized spacial score (nSPS) is 43.1. The molecule has 1 aromatic rings. The first-order valence-corrected chi connectivity index (χ1v) is 11.2. The van der Waals surface area contributed by atoms with E-state index in [2.05, 4.69) is 25.2 Å². The zero-order valence-electron chi connectivity index (χ0n) is 17.4. The van der Waals surface area contributed by atoms with Gasteiger partial charge in [-0.05, 0) is 79.9 Å². The second-order valence-electron chi connectivity index (χ2n) is 10.3. The minimum Gasteiger partial charge on any atom is -0.507 e. The molecule has 4 nitrogen and oxygen atoms in total. The number of amides is 1. The number of ketones is 1. The quantitative estimate of drug-likeness (QED) is 0.728. The van der Waals surface area contributed by atoms with Gasteiger partial charge in [0.15, 0.2) is 5.78 Å². The molecular formula is C25H31NO3. The average Bonchev–Trinajstić information content (AvgIpc) is 3.05. The fourth-order valence-corrected chi connectivity index (χ4v) is 7.63. The van der Waals surface area contributed by atoms with Gasteiger partial charge >= 0.3 is 0 Å². The van der Waals surface area contributed by atoms with Crippen molar-refractivity contribution in [3.63, 3.8) is 0 Å². The van der Waals surface area contributed by atoms with Gasteiger partial charge in [0.2, 0.25) is 5.91 Å². The van der Waals surface area contributed by atoms with E-state index in [0.717, 1.165) is 38.5 Å². The summed E-state index contributed by atoms with van der Waals surface area (Å²) in [7, 11) is 0. The van der Waals surface area contributed by atoms with Gasteiger partial charge in [0.05, 0.1) is 5.56 Å². The standard InChI is InChI=1S/C25H31NO3/c1-24-13-11-18-15(7-10-21-25(18,2)14-12-22(28)26-21)17(24)8-9-19(24)23(29)16-5-3-4-6-20(16)27/h3-6,12,14-15,17-19,21,27H,7-11,13H2,1-2H3,(H,26,28)/t15-,17-,18-,19+,21+,24-,25+/m0/s1. The highest BCUT2D eigenvalue weighted by Gasteiger charge is 2.60. The molecule has 0 bridgehead atoms. The molecule has 5 rings (SSSR count). The van der Waals surface area contributed by atoms with E-state index in [9.17, 15) is 14.7 Å². The average molecular weight is 394 g/mol. The number of benzene rings is 1. The Labute approximate surface area is 172 Å². The highest BCUT2D eigenvalue weighted by Crippen LogP contribution is 2.65. The third-order valence-corrected chi connectivity index (χ3v) is 9.17. The van der Waals surface area contributed by atoms with Crippen LogP contribution in [0.15, 0.2) is 36.4 Å². The molecule has 1 aromatic carbocycles. The number of hydrogen-bond donors (Lipinski definition) is 2. The summed E-state index contributed by atoms with van der Waals surface area (Å²) in [6.07, 6.45) is 10.2. The lowest BCUT2D eigenvalue weighted by Crippen LogP contribution is -2.59. The third kappa shape index (κ3) is 2.64. The lowest BCUT2D eigenvalue weighted by atomic mass is 9.47. The van der Waals surface area contributed by atoms with Crippen LogP contribution < -0.4 is 5.32 Å². The maximum Gasteiger partial charge on any atom is 0.243 e. The van der Waals surface area contributed by atoms with E-state index in [4.69, 9.17) is 0 Å². The number of hydrogen-bond acceptors (Lipinski definition) is 3. The molecule has 3 fully saturated rings. The highest BCUT2D eigenvalue weighted by molar-refractivity contribution is 6.00. The molecule has 0 aromatic heterocycles. The molecule has 3 saturated carbocycles. The molecule has 3 aliphatic carbocycles. The minimum atomic E-state index is -0.00567. The van der Waals surface area contributed by atoms with Crippen LogP contribution in [0.2, 0.25) is 0 Å². The Balaban J connectivity index is 1.44. The number of fused-ring (bicyclic) bond motifs is 5. The largest absolute Gasteiger partial charge is 0.507 e. The molecule has 1 heterocycles. The van der Waals surface area contributed by atoms with Crippen LogP contribution in [-0.2, 0) is 4.79 Å². The van der Waals surface area contributed by atoms with Gasteiger partial charge in [-0.3, -0.25) is 9.59 Å². The van der Waals surface area contributed by atoms with Crippen molar-refractivity contribution in [3.8, 4) is 5.75 Å². The lowest BCUT2D eigenvalue weighted by molar-refractivity contribution is -0.122. The number of carbonyl (C=O) groups excluding carboxylic acids is 2. The first-order valence-electron chi connectivity index (χ1n) is 11.2. The number of aromatic hydroxyl groups is 1. The Morgan fingerprint density at radius 2 is 1.86 bits per heavy atom. The summed E-state index contributed by atoms with van der Waals surface area (Å²) in [5.41, 5.74) is 0.513. The van der Waals surface area contributed by atoms with Crippen molar-refractivity contribution in [1.29, 1.82) is 0 Å². The Hall–Kier alpha value is -2.10. The van der Waals surface area contributed by atoms with Gasteiger partial charge in [-0.2, -0.15) is 0 Å². The summed E-state index contributed by atoms with van der Waals surface area (Å²) < 4.78 is 0. The Kier molecular flexibility index (Phi) is 4.20. The highest BCUT2D eigenvalue weighted by atomic mass is 16.3. The van der Waals surface area contributed by atoms with E-state index >= 15 is 0 Å². The second-order valence-corrected chi connectivity index (χ2v) is 10.3.